The number of likely N-dealkylation sites (tertiary alicyclic amines) is 1. The first-order valence-electron chi connectivity index (χ1n) is 6.04. The number of aromatic nitrogens is 1. The van der Waals surface area contributed by atoms with Gasteiger partial charge in [0.1, 0.15) is 10.9 Å². The number of thiazole rings is 1. The van der Waals surface area contributed by atoms with Crippen LogP contribution in [0, 0.1) is 6.92 Å². The maximum Gasteiger partial charge on any atom is 0.326 e. The lowest BCUT2D eigenvalue weighted by molar-refractivity contribution is -0.141. The molecule has 0 unspecified atom stereocenters. The summed E-state index contributed by atoms with van der Waals surface area (Å²) in [6.45, 7) is 4.31. The molecule has 1 aliphatic heterocycles. The number of hydrogen-bond acceptors (Lipinski definition) is 4. The zero-order chi connectivity index (χ0) is 13.3. The summed E-state index contributed by atoms with van der Waals surface area (Å²) < 4.78 is 0. The number of carbonyl (C=O) groups is 2. The Balaban J connectivity index is 2.25. The van der Waals surface area contributed by atoms with Crippen LogP contribution in [-0.2, 0) is 11.2 Å². The van der Waals surface area contributed by atoms with Gasteiger partial charge in [0.05, 0.1) is 10.7 Å². The normalized spacial score (nSPS) is 19.2. The molecule has 1 atom stereocenters. The van der Waals surface area contributed by atoms with Crippen molar-refractivity contribution >= 4 is 23.2 Å². The van der Waals surface area contributed by atoms with E-state index >= 15 is 0 Å². The number of nitrogens with zero attached hydrogens (tertiary/aromatic N) is 2. The van der Waals surface area contributed by atoms with Crippen LogP contribution in [0.25, 0.3) is 0 Å². The number of amides is 1. The molecule has 1 aromatic heterocycles. The number of aliphatic carboxylic acids is 1. The molecule has 0 aliphatic carbocycles. The maximum atomic E-state index is 12.3. The zero-order valence-corrected chi connectivity index (χ0v) is 11.3. The van der Waals surface area contributed by atoms with Crippen molar-refractivity contribution in [1.29, 1.82) is 0 Å². The summed E-state index contributed by atoms with van der Waals surface area (Å²) in [6, 6.07) is -0.677. The molecule has 1 aliphatic rings. The van der Waals surface area contributed by atoms with Crippen molar-refractivity contribution in [3.63, 3.8) is 0 Å². The van der Waals surface area contributed by atoms with E-state index in [-0.39, 0.29) is 5.91 Å². The van der Waals surface area contributed by atoms with Gasteiger partial charge in [0.25, 0.3) is 5.91 Å². The van der Waals surface area contributed by atoms with Gasteiger partial charge in [-0.05, 0) is 26.2 Å². The number of carboxylic acids is 1. The van der Waals surface area contributed by atoms with Gasteiger partial charge in [-0.1, -0.05) is 6.92 Å². The molecule has 18 heavy (non-hydrogen) atoms. The highest BCUT2D eigenvalue weighted by Gasteiger charge is 2.35. The first-order chi connectivity index (χ1) is 8.54. The third kappa shape index (κ3) is 2.25. The first-order valence-corrected chi connectivity index (χ1v) is 6.86. The summed E-state index contributed by atoms with van der Waals surface area (Å²) in [4.78, 5) is 29.8. The lowest BCUT2D eigenvalue weighted by atomic mass is 10.2. The molecule has 0 bridgehead atoms. The minimum Gasteiger partial charge on any atom is -0.480 e. The van der Waals surface area contributed by atoms with Crippen molar-refractivity contribution < 1.29 is 14.7 Å². The first kappa shape index (κ1) is 13.0. The monoisotopic (exact) mass is 268 g/mol. The van der Waals surface area contributed by atoms with E-state index in [4.69, 9.17) is 5.11 Å². The van der Waals surface area contributed by atoms with Gasteiger partial charge >= 0.3 is 5.97 Å². The van der Waals surface area contributed by atoms with Crippen LogP contribution in [-0.4, -0.2) is 39.5 Å². The van der Waals surface area contributed by atoms with Crippen LogP contribution in [0.5, 0.6) is 0 Å². The lowest BCUT2D eigenvalue weighted by Gasteiger charge is -2.20. The Labute approximate surface area is 109 Å². The molecule has 0 saturated carbocycles. The minimum atomic E-state index is -0.918. The topological polar surface area (TPSA) is 70.5 Å². The third-order valence-electron chi connectivity index (χ3n) is 3.14. The quantitative estimate of drug-likeness (QED) is 0.905. The number of carbonyl (C=O) groups excluding carboxylic acids is 1. The van der Waals surface area contributed by atoms with Gasteiger partial charge in [0.15, 0.2) is 0 Å². The zero-order valence-electron chi connectivity index (χ0n) is 10.5. The largest absolute Gasteiger partial charge is 0.480 e. The Morgan fingerprint density at radius 2 is 2.28 bits per heavy atom. The van der Waals surface area contributed by atoms with Crippen molar-refractivity contribution in [3.05, 3.63) is 15.6 Å². The molecule has 0 spiro atoms. The highest BCUT2D eigenvalue weighted by atomic mass is 32.1. The van der Waals surface area contributed by atoms with E-state index in [0.29, 0.717) is 23.5 Å². The second-order valence-corrected chi connectivity index (χ2v) is 5.45. The van der Waals surface area contributed by atoms with Gasteiger partial charge in [-0.2, -0.15) is 0 Å². The number of carboxylic acid groups (broad SMARTS) is 1. The molecule has 1 N–H and O–H groups in total. The van der Waals surface area contributed by atoms with Crippen LogP contribution >= 0.6 is 11.3 Å². The SMILES string of the molecule is CCc1nc(C)c(C(=O)N2CCC[C@H]2C(=O)O)s1. The van der Waals surface area contributed by atoms with Crippen LogP contribution in [0.4, 0.5) is 0 Å². The Hall–Kier alpha value is -1.43. The lowest BCUT2D eigenvalue weighted by Crippen LogP contribution is -2.40. The number of aryl methyl sites for hydroxylation is 2. The van der Waals surface area contributed by atoms with E-state index in [0.717, 1.165) is 17.8 Å². The van der Waals surface area contributed by atoms with Crippen LogP contribution in [0.15, 0.2) is 0 Å². The molecule has 1 aromatic rings. The Bertz CT molecular complexity index is 484. The Morgan fingerprint density at radius 1 is 1.56 bits per heavy atom. The molecule has 1 saturated heterocycles. The van der Waals surface area contributed by atoms with Gasteiger partial charge in [0, 0.05) is 6.54 Å². The van der Waals surface area contributed by atoms with Crippen LogP contribution in [0.2, 0.25) is 0 Å². The molecule has 0 radical (unpaired) electrons. The third-order valence-corrected chi connectivity index (χ3v) is 4.43. The fourth-order valence-corrected chi connectivity index (χ4v) is 3.16. The smallest absolute Gasteiger partial charge is 0.326 e. The predicted octanol–water partition coefficient (Wildman–Crippen LogP) is 1.70. The maximum absolute atomic E-state index is 12.3. The number of hydrogen-bond donors (Lipinski definition) is 1. The van der Waals surface area contributed by atoms with Crippen LogP contribution in [0.3, 0.4) is 0 Å². The van der Waals surface area contributed by atoms with E-state index in [1.165, 1.54) is 16.2 Å². The van der Waals surface area contributed by atoms with Gasteiger partial charge in [-0.3, -0.25) is 4.79 Å². The van der Waals surface area contributed by atoms with E-state index < -0.39 is 12.0 Å². The van der Waals surface area contributed by atoms with E-state index in [1.807, 2.05) is 6.92 Å². The molecule has 1 fully saturated rings. The van der Waals surface area contributed by atoms with E-state index in [2.05, 4.69) is 4.98 Å². The highest BCUT2D eigenvalue weighted by Crippen LogP contribution is 2.25. The van der Waals surface area contributed by atoms with Crippen molar-refractivity contribution in [2.24, 2.45) is 0 Å². The average molecular weight is 268 g/mol. The molecule has 1 amide bonds. The summed E-state index contributed by atoms with van der Waals surface area (Å²) in [6.07, 6.45) is 2.09. The minimum absolute atomic E-state index is 0.186. The van der Waals surface area contributed by atoms with Gasteiger partial charge < -0.3 is 10.0 Å². The van der Waals surface area contributed by atoms with Crippen molar-refractivity contribution in [2.75, 3.05) is 6.54 Å². The second-order valence-electron chi connectivity index (χ2n) is 4.37. The van der Waals surface area contributed by atoms with Crippen molar-refractivity contribution in [1.82, 2.24) is 9.88 Å². The fourth-order valence-electron chi connectivity index (χ4n) is 2.20. The number of rotatable bonds is 3. The molecule has 2 rings (SSSR count). The molecule has 0 aromatic carbocycles. The summed E-state index contributed by atoms with van der Waals surface area (Å²) in [5.41, 5.74) is 0.706. The second kappa shape index (κ2) is 5.06. The van der Waals surface area contributed by atoms with Gasteiger partial charge in [0.2, 0.25) is 0 Å². The molecule has 98 valence electrons. The Morgan fingerprint density at radius 3 is 2.83 bits per heavy atom. The van der Waals surface area contributed by atoms with Crippen molar-refractivity contribution in [3.8, 4) is 0 Å². The Kier molecular flexibility index (Phi) is 3.65. The van der Waals surface area contributed by atoms with E-state index in [9.17, 15) is 9.59 Å². The molecule has 2 heterocycles. The van der Waals surface area contributed by atoms with Crippen LogP contribution < -0.4 is 0 Å². The predicted molar refractivity (Wildman–Crippen MR) is 67.9 cm³/mol. The molecular formula is C12H16N2O3S. The average Bonchev–Trinajstić information content (AvgIpc) is 2.94. The molecular weight excluding hydrogens is 252 g/mol. The summed E-state index contributed by atoms with van der Waals surface area (Å²) in [5.74, 6) is -1.10. The summed E-state index contributed by atoms with van der Waals surface area (Å²) in [7, 11) is 0. The summed E-state index contributed by atoms with van der Waals surface area (Å²) >= 11 is 1.37. The van der Waals surface area contributed by atoms with E-state index in [1.54, 1.807) is 6.92 Å². The molecule has 6 heteroatoms. The van der Waals surface area contributed by atoms with Gasteiger partial charge in [-0.25, -0.2) is 9.78 Å². The fraction of sp³-hybridized carbons (Fsp3) is 0.583. The highest BCUT2D eigenvalue weighted by molar-refractivity contribution is 7.13. The standard InChI is InChI=1S/C12H16N2O3S/c1-3-9-13-7(2)10(18-9)11(15)14-6-4-5-8(14)12(16)17/h8H,3-6H2,1-2H3,(H,16,17)/t8-/m0/s1. The molecule has 5 nitrogen and oxygen atoms in total. The van der Waals surface area contributed by atoms with Crippen LogP contribution in [0.1, 0.15) is 40.1 Å². The van der Waals surface area contributed by atoms with Crippen molar-refractivity contribution in [2.45, 2.75) is 39.2 Å². The summed E-state index contributed by atoms with van der Waals surface area (Å²) in [5, 5.41) is 10.0. The van der Waals surface area contributed by atoms with Gasteiger partial charge in [-0.15, -0.1) is 11.3 Å².